The molecule has 0 atom stereocenters. The molecule has 0 aromatic heterocycles. The van der Waals surface area contributed by atoms with Gasteiger partial charge in [0.2, 0.25) is 0 Å². The molecule has 1 fully saturated rings. The lowest BCUT2D eigenvalue weighted by Crippen LogP contribution is -2.28. The molecule has 19 heavy (non-hydrogen) atoms. The zero-order valence-electron chi connectivity index (χ0n) is 11.1. The molecule has 6 heteroatoms. The molecule has 0 aromatic rings. The van der Waals surface area contributed by atoms with Crippen LogP contribution < -0.4 is 10.6 Å². The maximum absolute atomic E-state index is 11.3. The van der Waals surface area contributed by atoms with E-state index in [-0.39, 0.29) is 13.2 Å². The van der Waals surface area contributed by atoms with E-state index in [1.807, 2.05) is 0 Å². The van der Waals surface area contributed by atoms with Gasteiger partial charge in [0, 0.05) is 18.7 Å². The van der Waals surface area contributed by atoms with Gasteiger partial charge in [-0.15, -0.1) is 0 Å². The van der Waals surface area contributed by atoms with Crippen LogP contribution in [0.4, 0.5) is 4.79 Å². The number of piperidine rings is 1. The molecule has 1 aliphatic rings. The summed E-state index contributed by atoms with van der Waals surface area (Å²) in [5, 5.41) is 6.68. The number of carbonyl (C=O) groups excluding carboxylic acids is 2. The lowest BCUT2D eigenvalue weighted by molar-refractivity contribution is -0.138. The Morgan fingerprint density at radius 2 is 2.32 bits per heavy atom. The lowest BCUT2D eigenvalue weighted by Gasteiger charge is -2.13. The van der Waals surface area contributed by atoms with Crippen LogP contribution in [0.25, 0.3) is 0 Å². The third-order valence-corrected chi connectivity index (χ3v) is 2.41. The standard InChI is InChI=1S/C13H19N2O4/c1-10(2)12(16)18-7-6-15-13(17)19-9-11-4-3-5-14-8-11/h9H,1,3-8H2,2H3,(H,15,17). The third-order valence-electron chi connectivity index (χ3n) is 2.41. The van der Waals surface area contributed by atoms with Crippen LogP contribution in [0.5, 0.6) is 0 Å². The van der Waals surface area contributed by atoms with E-state index in [9.17, 15) is 9.59 Å². The van der Waals surface area contributed by atoms with Crippen molar-refractivity contribution in [2.24, 2.45) is 0 Å². The largest absolute Gasteiger partial charge is 0.460 e. The van der Waals surface area contributed by atoms with E-state index in [1.54, 1.807) is 6.92 Å². The Morgan fingerprint density at radius 1 is 1.53 bits per heavy atom. The summed E-state index contributed by atoms with van der Waals surface area (Å²) in [5.41, 5.74) is 1.34. The van der Waals surface area contributed by atoms with Crippen molar-refractivity contribution in [3.05, 3.63) is 24.0 Å². The van der Waals surface area contributed by atoms with Crippen LogP contribution in [0.15, 0.2) is 24.0 Å². The van der Waals surface area contributed by atoms with Crippen molar-refractivity contribution < 1.29 is 19.1 Å². The first-order valence-corrected chi connectivity index (χ1v) is 6.18. The predicted molar refractivity (Wildman–Crippen MR) is 69.4 cm³/mol. The minimum atomic E-state index is -0.565. The van der Waals surface area contributed by atoms with Gasteiger partial charge in [0.25, 0.3) is 0 Å². The number of carbonyl (C=O) groups is 2. The molecule has 6 nitrogen and oxygen atoms in total. The van der Waals surface area contributed by atoms with Crippen molar-refractivity contribution in [2.45, 2.75) is 19.8 Å². The normalized spacial score (nSPS) is 16.8. The van der Waals surface area contributed by atoms with E-state index in [2.05, 4.69) is 17.2 Å². The van der Waals surface area contributed by atoms with Crippen molar-refractivity contribution >= 4 is 12.1 Å². The SMILES string of the molecule is C=C(C)C(=O)OCCNC(=O)OC=C1CCC[N]C1. The van der Waals surface area contributed by atoms with Crippen molar-refractivity contribution in [1.82, 2.24) is 10.6 Å². The summed E-state index contributed by atoms with van der Waals surface area (Å²) < 4.78 is 9.72. The number of ether oxygens (including phenoxy) is 2. The third kappa shape index (κ3) is 6.61. The zero-order valence-corrected chi connectivity index (χ0v) is 11.1. The first-order chi connectivity index (χ1) is 9.09. The Hall–Kier alpha value is -1.82. The quantitative estimate of drug-likeness (QED) is 0.350. The van der Waals surface area contributed by atoms with Gasteiger partial charge >= 0.3 is 12.1 Å². The van der Waals surface area contributed by atoms with Gasteiger partial charge in [-0.1, -0.05) is 6.58 Å². The van der Waals surface area contributed by atoms with Crippen LogP contribution in [0, 0.1) is 0 Å². The minimum absolute atomic E-state index is 0.0900. The molecule has 0 spiro atoms. The molecule has 1 rings (SSSR count). The molecule has 1 N–H and O–H groups in total. The van der Waals surface area contributed by atoms with E-state index < -0.39 is 12.1 Å². The number of nitrogens with zero attached hydrogens (tertiary/aromatic N) is 1. The average molecular weight is 267 g/mol. The first kappa shape index (κ1) is 15.2. The van der Waals surface area contributed by atoms with Gasteiger partial charge in [-0.2, -0.15) is 0 Å². The Balaban J connectivity index is 2.11. The molecule has 0 aliphatic carbocycles. The molecule has 0 aromatic carbocycles. The van der Waals surface area contributed by atoms with Crippen LogP contribution in [0.3, 0.4) is 0 Å². The molecule has 0 bridgehead atoms. The van der Waals surface area contributed by atoms with Crippen LogP contribution >= 0.6 is 0 Å². The van der Waals surface area contributed by atoms with Crippen molar-refractivity contribution in [2.75, 3.05) is 26.2 Å². The van der Waals surface area contributed by atoms with E-state index in [0.717, 1.165) is 25.0 Å². The van der Waals surface area contributed by atoms with Crippen LogP contribution in [0.2, 0.25) is 0 Å². The summed E-state index contributed by atoms with van der Waals surface area (Å²) in [6.45, 7) is 6.80. The molecule has 105 valence electrons. The lowest BCUT2D eigenvalue weighted by atomic mass is 10.1. The summed E-state index contributed by atoms with van der Waals surface area (Å²) in [6, 6.07) is 0. The first-order valence-electron chi connectivity index (χ1n) is 6.18. The smallest absolute Gasteiger partial charge is 0.412 e. The van der Waals surface area contributed by atoms with E-state index >= 15 is 0 Å². The maximum Gasteiger partial charge on any atom is 0.412 e. The molecular weight excluding hydrogens is 248 g/mol. The minimum Gasteiger partial charge on any atom is -0.460 e. The number of esters is 1. The second-order valence-electron chi connectivity index (χ2n) is 4.23. The van der Waals surface area contributed by atoms with Crippen molar-refractivity contribution in [3.63, 3.8) is 0 Å². The molecular formula is C13H19N2O4. The van der Waals surface area contributed by atoms with Gasteiger partial charge in [0.15, 0.2) is 0 Å². The molecule has 1 amide bonds. The highest BCUT2D eigenvalue weighted by Gasteiger charge is 2.07. The fourth-order valence-corrected chi connectivity index (χ4v) is 1.41. The van der Waals surface area contributed by atoms with Crippen molar-refractivity contribution in [3.8, 4) is 0 Å². The average Bonchev–Trinajstić information content (AvgIpc) is 2.42. The molecule has 1 aliphatic heterocycles. The number of nitrogens with one attached hydrogen (secondary N) is 1. The second kappa shape index (κ2) is 8.31. The number of hydrogen-bond acceptors (Lipinski definition) is 4. The predicted octanol–water partition coefficient (Wildman–Crippen LogP) is 1.11. The molecule has 0 unspecified atom stereocenters. The van der Waals surface area contributed by atoms with Crippen molar-refractivity contribution in [1.29, 1.82) is 0 Å². The number of alkyl carbamates (subject to hydrolysis) is 1. The van der Waals surface area contributed by atoms with E-state index in [0.29, 0.717) is 12.1 Å². The molecule has 1 radical (unpaired) electrons. The van der Waals surface area contributed by atoms with Gasteiger partial charge in [-0.05, 0) is 25.3 Å². The highest BCUT2D eigenvalue weighted by molar-refractivity contribution is 5.86. The monoisotopic (exact) mass is 267 g/mol. The van der Waals surface area contributed by atoms with Crippen LogP contribution in [-0.4, -0.2) is 38.3 Å². The second-order valence-corrected chi connectivity index (χ2v) is 4.23. The summed E-state index contributed by atoms with van der Waals surface area (Å²) in [5.74, 6) is -0.471. The summed E-state index contributed by atoms with van der Waals surface area (Å²) in [4.78, 5) is 22.3. The van der Waals surface area contributed by atoms with Crippen LogP contribution in [0.1, 0.15) is 19.8 Å². The number of rotatable bonds is 5. The molecule has 0 saturated carbocycles. The van der Waals surface area contributed by atoms with Gasteiger partial charge < -0.3 is 14.8 Å². The molecule has 1 saturated heterocycles. The summed E-state index contributed by atoms with van der Waals surface area (Å²) >= 11 is 0. The van der Waals surface area contributed by atoms with E-state index in [1.165, 1.54) is 6.26 Å². The Kier molecular flexibility index (Phi) is 6.67. The maximum atomic E-state index is 11.3. The zero-order chi connectivity index (χ0) is 14.1. The van der Waals surface area contributed by atoms with Gasteiger partial charge in [0.05, 0.1) is 12.8 Å². The topological polar surface area (TPSA) is 78.7 Å². The van der Waals surface area contributed by atoms with E-state index in [4.69, 9.17) is 9.47 Å². The Labute approximate surface area is 112 Å². The number of amides is 1. The Bertz CT molecular complexity index is 369. The number of hydrogen-bond donors (Lipinski definition) is 1. The molecule has 1 heterocycles. The summed E-state index contributed by atoms with van der Waals surface area (Å²) in [6.07, 6.45) is 2.78. The van der Waals surface area contributed by atoms with Gasteiger partial charge in [-0.3, -0.25) is 0 Å². The highest BCUT2D eigenvalue weighted by atomic mass is 16.5. The highest BCUT2D eigenvalue weighted by Crippen LogP contribution is 2.09. The fraction of sp³-hybridized carbons (Fsp3) is 0.538. The fourth-order valence-electron chi connectivity index (χ4n) is 1.41. The van der Waals surface area contributed by atoms with Crippen LogP contribution in [-0.2, 0) is 14.3 Å². The van der Waals surface area contributed by atoms with Gasteiger partial charge in [0.1, 0.15) is 6.61 Å². The Morgan fingerprint density at radius 3 is 2.95 bits per heavy atom. The van der Waals surface area contributed by atoms with Gasteiger partial charge in [-0.25, -0.2) is 14.9 Å². The summed E-state index contributed by atoms with van der Waals surface area (Å²) in [7, 11) is 0.